The van der Waals surface area contributed by atoms with Gasteiger partial charge in [0.05, 0.1) is 6.54 Å². The van der Waals surface area contributed by atoms with Gasteiger partial charge in [-0.15, -0.1) is 0 Å². The second kappa shape index (κ2) is 11.3. The first kappa shape index (κ1) is 24.6. The van der Waals surface area contributed by atoms with Gasteiger partial charge in [-0.1, -0.05) is 45.4 Å². The molecule has 2 aromatic carbocycles. The minimum Gasteiger partial charge on any atom is -0.352 e. The van der Waals surface area contributed by atoms with E-state index in [0.717, 1.165) is 60.1 Å². The lowest BCUT2D eigenvalue weighted by molar-refractivity contribution is -0.128. The summed E-state index contributed by atoms with van der Waals surface area (Å²) in [5.41, 5.74) is 3.08. The number of carbonyl (C=O) groups excluding carboxylic acids is 2. The number of piperidine rings is 1. The first-order valence-corrected chi connectivity index (χ1v) is 13.3. The molecule has 0 bridgehead atoms. The van der Waals surface area contributed by atoms with Gasteiger partial charge in [-0.25, -0.2) is 0 Å². The number of rotatable bonds is 8. The summed E-state index contributed by atoms with van der Waals surface area (Å²) in [5, 5.41) is 7.21. The van der Waals surface area contributed by atoms with Gasteiger partial charge in [0.15, 0.2) is 0 Å². The summed E-state index contributed by atoms with van der Waals surface area (Å²) < 4.78 is 6.46. The Labute approximate surface area is 219 Å². The highest BCUT2D eigenvalue weighted by Gasteiger charge is 2.26. The quantitative estimate of drug-likeness (QED) is 0.452. The molecule has 2 fully saturated rings. The molecule has 0 unspecified atom stereocenters. The summed E-state index contributed by atoms with van der Waals surface area (Å²) in [4.78, 5) is 33.4. The van der Waals surface area contributed by atoms with Crippen LogP contribution in [0.25, 0.3) is 11.4 Å². The van der Waals surface area contributed by atoms with Crippen molar-refractivity contribution < 1.29 is 14.1 Å². The Hall–Kier alpha value is -3.04. The van der Waals surface area contributed by atoms with Gasteiger partial charge in [-0.05, 0) is 67.7 Å². The lowest BCUT2D eigenvalue weighted by Gasteiger charge is -2.30. The van der Waals surface area contributed by atoms with Crippen molar-refractivity contribution in [2.75, 3.05) is 19.6 Å². The van der Waals surface area contributed by atoms with E-state index in [1.165, 1.54) is 0 Å². The number of hydrogen-bond donors (Lipinski definition) is 1. The average molecular weight is 552 g/mol. The van der Waals surface area contributed by atoms with Crippen LogP contribution in [-0.2, 0) is 29.2 Å². The van der Waals surface area contributed by atoms with E-state index in [0.29, 0.717) is 37.8 Å². The van der Waals surface area contributed by atoms with Crippen molar-refractivity contribution in [2.24, 2.45) is 5.92 Å². The number of halogens is 1. The number of benzene rings is 2. The second-order valence-electron chi connectivity index (χ2n) is 9.53. The molecule has 188 valence electrons. The normalized spacial score (nSPS) is 17.0. The number of carbonyl (C=O) groups is 2. The molecule has 2 saturated heterocycles. The first-order valence-electron chi connectivity index (χ1n) is 12.5. The fourth-order valence-corrected chi connectivity index (χ4v) is 5.11. The highest BCUT2D eigenvalue weighted by atomic mass is 79.9. The van der Waals surface area contributed by atoms with Crippen LogP contribution in [0.15, 0.2) is 57.5 Å². The third-order valence-corrected chi connectivity index (χ3v) is 7.42. The fourth-order valence-electron chi connectivity index (χ4n) is 4.84. The predicted octanol–water partition coefficient (Wildman–Crippen LogP) is 4.15. The molecule has 1 aromatic heterocycles. The fraction of sp³-hybridized carbons (Fsp3) is 0.407. The largest absolute Gasteiger partial charge is 0.352 e. The molecule has 2 amide bonds. The third kappa shape index (κ3) is 6.20. The standard InChI is InChI=1S/C27H30BrN5O3/c28-23-8-6-21(7-9-23)26-30-24(36-31-26)18-32-13-10-22(11-14-32)27(35)29-16-19-3-1-4-20(15-19)17-33-12-2-5-25(33)34/h1,3-4,6-9,15,22H,2,5,10-14,16-18H2,(H,29,35). The summed E-state index contributed by atoms with van der Waals surface area (Å²) in [6.07, 6.45) is 3.19. The van der Waals surface area contributed by atoms with Crippen molar-refractivity contribution in [1.29, 1.82) is 0 Å². The molecule has 0 aliphatic carbocycles. The van der Waals surface area contributed by atoms with Crippen molar-refractivity contribution in [3.63, 3.8) is 0 Å². The molecule has 3 heterocycles. The lowest BCUT2D eigenvalue weighted by atomic mass is 9.96. The van der Waals surface area contributed by atoms with Crippen LogP contribution < -0.4 is 5.32 Å². The van der Waals surface area contributed by atoms with Crippen LogP contribution >= 0.6 is 15.9 Å². The summed E-state index contributed by atoms with van der Waals surface area (Å²) in [7, 11) is 0. The maximum atomic E-state index is 12.8. The number of aromatic nitrogens is 2. The molecule has 2 aliphatic rings. The van der Waals surface area contributed by atoms with Crippen LogP contribution in [-0.4, -0.2) is 51.4 Å². The van der Waals surface area contributed by atoms with Crippen LogP contribution in [0, 0.1) is 5.92 Å². The second-order valence-corrected chi connectivity index (χ2v) is 10.4. The third-order valence-electron chi connectivity index (χ3n) is 6.89. The zero-order valence-corrected chi connectivity index (χ0v) is 21.7. The average Bonchev–Trinajstić information content (AvgIpc) is 3.52. The maximum absolute atomic E-state index is 12.8. The van der Waals surface area contributed by atoms with Gasteiger partial charge in [-0.2, -0.15) is 4.98 Å². The molecule has 5 rings (SSSR count). The Morgan fingerprint density at radius 3 is 2.58 bits per heavy atom. The lowest BCUT2D eigenvalue weighted by Crippen LogP contribution is -2.40. The van der Waals surface area contributed by atoms with E-state index in [1.54, 1.807) is 0 Å². The molecule has 3 aromatic rings. The highest BCUT2D eigenvalue weighted by Crippen LogP contribution is 2.22. The van der Waals surface area contributed by atoms with E-state index < -0.39 is 0 Å². The van der Waals surface area contributed by atoms with Gasteiger partial charge in [0.25, 0.3) is 0 Å². The van der Waals surface area contributed by atoms with Gasteiger partial charge in [0.2, 0.25) is 23.5 Å². The Balaban J connectivity index is 1.07. The zero-order valence-electron chi connectivity index (χ0n) is 20.2. The molecule has 0 saturated carbocycles. The van der Waals surface area contributed by atoms with E-state index in [9.17, 15) is 9.59 Å². The molecule has 0 spiro atoms. The topological polar surface area (TPSA) is 91.6 Å². The molecule has 2 aliphatic heterocycles. The molecule has 36 heavy (non-hydrogen) atoms. The molecule has 0 radical (unpaired) electrons. The van der Waals surface area contributed by atoms with Gasteiger partial charge >= 0.3 is 0 Å². The molecular weight excluding hydrogens is 522 g/mol. The van der Waals surface area contributed by atoms with Crippen molar-refractivity contribution >= 4 is 27.7 Å². The van der Waals surface area contributed by atoms with Gasteiger partial charge < -0.3 is 14.7 Å². The van der Waals surface area contributed by atoms with Crippen LogP contribution in [0.4, 0.5) is 0 Å². The van der Waals surface area contributed by atoms with Crippen LogP contribution in [0.3, 0.4) is 0 Å². The van der Waals surface area contributed by atoms with Crippen molar-refractivity contribution in [1.82, 2.24) is 25.3 Å². The number of nitrogens with one attached hydrogen (secondary N) is 1. The van der Waals surface area contributed by atoms with E-state index in [4.69, 9.17) is 4.52 Å². The smallest absolute Gasteiger partial charge is 0.241 e. The minimum absolute atomic E-state index is 0.00710. The number of hydrogen-bond acceptors (Lipinski definition) is 6. The maximum Gasteiger partial charge on any atom is 0.241 e. The van der Waals surface area contributed by atoms with E-state index in [2.05, 4.69) is 42.4 Å². The Morgan fingerprint density at radius 1 is 1.06 bits per heavy atom. The summed E-state index contributed by atoms with van der Waals surface area (Å²) in [6.45, 7) is 4.19. The van der Waals surface area contributed by atoms with Crippen LogP contribution in [0.5, 0.6) is 0 Å². The zero-order chi connectivity index (χ0) is 24.9. The van der Waals surface area contributed by atoms with Crippen LogP contribution in [0.2, 0.25) is 0 Å². The summed E-state index contributed by atoms with van der Waals surface area (Å²) >= 11 is 3.43. The van der Waals surface area contributed by atoms with Crippen molar-refractivity contribution in [3.05, 3.63) is 70.0 Å². The SMILES string of the molecule is O=C(NCc1cccc(CN2CCCC2=O)c1)C1CCN(Cc2nc(-c3ccc(Br)cc3)no2)CC1. The number of nitrogens with zero attached hydrogens (tertiary/aromatic N) is 4. The van der Waals surface area contributed by atoms with Gasteiger partial charge in [-0.3, -0.25) is 14.5 Å². The Bertz CT molecular complexity index is 1200. The van der Waals surface area contributed by atoms with Crippen LogP contribution in [0.1, 0.15) is 42.7 Å². The number of amides is 2. The molecule has 1 N–H and O–H groups in total. The van der Waals surface area contributed by atoms with Crippen molar-refractivity contribution in [2.45, 2.75) is 45.3 Å². The van der Waals surface area contributed by atoms with Gasteiger partial charge in [0, 0.05) is 42.0 Å². The van der Waals surface area contributed by atoms with E-state index in [1.807, 2.05) is 47.4 Å². The minimum atomic E-state index is 0.00710. The molecule has 9 heteroatoms. The summed E-state index contributed by atoms with van der Waals surface area (Å²) in [6, 6.07) is 15.9. The highest BCUT2D eigenvalue weighted by molar-refractivity contribution is 9.10. The first-order chi connectivity index (χ1) is 17.5. The molecule has 0 atom stereocenters. The molecular formula is C27H30BrN5O3. The van der Waals surface area contributed by atoms with E-state index >= 15 is 0 Å². The van der Waals surface area contributed by atoms with Gasteiger partial charge in [0.1, 0.15) is 0 Å². The molecule has 8 nitrogen and oxygen atoms in total. The number of likely N-dealkylation sites (tertiary alicyclic amines) is 2. The Kier molecular flexibility index (Phi) is 7.77. The monoisotopic (exact) mass is 551 g/mol. The Morgan fingerprint density at radius 2 is 1.83 bits per heavy atom. The van der Waals surface area contributed by atoms with Crippen molar-refractivity contribution in [3.8, 4) is 11.4 Å². The summed E-state index contributed by atoms with van der Waals surface area (Å²) in [5.74, 6) is 1.51. The predicted molar refractivity (Wildman–Crippen MR) is 138 cm³/mol. The van der Waals surface area contributed by atoms with E-state index in [-0.39, 0.29) is 17.7 Å².